The molecule has 1 fully saturated rings. The Kier molecular flexibility index (Phi) is 5.28. The van der Waals surface area contributed by atoms with Crippen LogP contribution in [0.2, 0.25) is 0 Å². The Bertz CT molecular complexity index is 1120. The molecule has 4 nitrogen and oxygen atoms in total. The zero-order chi connectivity index (χ0) is 21.5. The molecule has 2 aliphatic rings. The average Bonchev–Trinajstić information content (AvgIpc) is 3.36. The molecule has 1 N–H and O–H groups in total. The molecule has 6 heteroatoms. The van der Waals surface area contributed by atoms with Crippen molar-refractivity contribution in [3.8, 4) is 16.9 Å². The number of halogens is 1. The molecule has 2 heterocycles. The van der Waals surface area contributed by atoms with Gasteiger partial charge in [0.25, 0.3) is 0 Å². The van der Waals surface area contributed by atoms with Crippen molar-refractivity contribution in [2.24, 2.45) is 5.92 Å². The van der Waals surface area contributed by atoms with Gasteiger partial charge in [0.1, 0.15) is 18.2 Å². The van der Waals surface area contributed by atoms with Gasteiger partial charge in [0.05, 0.1) is 5.92 Å². The molecule has 0 unspecified atom stereocenters. The summed E-state index contributed by atoms with van der Waals surface area (Å²) in [5.74, 6) is -0.403. The average molecular weight is 438 g/mol. The maximum Gasteiger partial charge on any atom is 0.306 e. The highest BCUT2D eigenvalue weighted by Gasteiger charge is 2.39. The molecule has 160 valence electrons. The Morgan fingerprint density at radius 1 is 1.19 bits per heavy atom. The summed E-state index contributed by atoms with van der Waals surface area (Å²) in [5, 5.41) is 13.1. The Balaban J connectivity index is 1.23. The van der Waals surface area contributed by atoms with Gasteiger partial charge in [-0.25, -0.2) is 4.39 Å². The third-order valence-corrected chi connectivity index (χ3v) is 7.21. The summed E-state index contributed by atoms with van der Waals surface area (Å²) in [7, 11) is 0. The number of aliphatic carboxylic acids is 1. The zero-order valence-electron chi connectivity index (χ0n) is 17.3. The van der Waals surface area contributed by atoms with Crippen LogP contribution >= 0.6 is 11.3 Å². The van der Waals surface area contributed by atoms with Crippen molar-refractivity contribution in [3.63, 3.8) is 0 Å². The molecular weight excluding hydrogens is 413 g/mol. The molecule has 0 spiro atoms. The molecule has 1 aliphatic heterocycles. The first-order valence-corrected chi connectivity index (χ1v) is 11.5. The molecule has 31 heavy (non-hydrogen) atoms. The fourth-order valence-electron chi connectivity index (χ4n) is 4.57. The van der Waals surface area contributed by atoms with E-state index in [2.05, 4.69) is 11.0 Å². The number of aryl methyl sites for hydroxylation is 1. The summed E-state index contributed by atoms with van der Waals surface area (Å²) in [4.78, 5) is 13.4. The molecule has 0 saturated heterocycles. The highest BCUT2D eigenvalue weighted by Crippen LogP contribution is 2.38. The van der Waals surface area contributed by atoms with Gasteiger partial charge in [-0.15, -0.1) is 0 Å². The number of carbonyl (C=O) groups is 1. The minimum absolute atomic E-state index is 0.183. The third-order valence-electron chi connectivity index (χ3n) is 6.52. The van der Waals surface area contributed by atoms with Gasteiger partial charge in [-0.2, -0.15) is 11.3 Å². The number of carboxylic acid groups (broad SMARTS) is 1. The number of nitrogens with zero attached hydrogens (tertiary/aromatic N) is 1. The minimum atomic E-state index is -0.686. The molecule has 0 bridgehead atoms. The van der Waals surface area contributed by atoms with Crippen molar-refractivity contribution in [1.82, 2.24) is 4.90 Å². The summed E-state index contributed by atoms with van der Waals surface area (Å²) in [6.07, 6.45) is 1.46. The molecule has 1 aromatic heterocycles. The topological polar surface area (TPSA) is 49.8 Å². The summed E-state index contributed by atoms with van der Waals surface area (Å²) in [6.45, 7) is 3.84. The SMILES string of the molecule is Cc1cc(COc2ccc3c(c2)CN(C2CC(C(=O)O)C2)C3)c(F)cc1-c1ccsc1. The predicted molar refractivity (Wildman–Crippen MR) is 119 cm³/mol. The van der Waals surface area contributed by atoms with Crippen molar-refractivity contribution in [2.45, 2.75) is 45.5 Å². The second kappa shape index (κ2) is 8.09. The van der Waals surface area contributed by atoms with E-state index in [0.29, 0.717) is 11.6 Å². The minimum Gasteiger partial charge on any atom is -0.489 e. The van der Waals surface area contributed by atoms with E-state index in [1.807, 2.05) is 41.9 Å². The standard InChI is InChI=1S/C25H24FNO3S/c1-15-6-20(24(26)10-23(15)17-4-5-31-14-17)13-30-22-3-2-16-11-27(12-19(16)9-22)21-7-18(8-21)25(28)29/h2-6,9-10,14,18,21H,7-8,11-13H2,1H3,(H,28,29). The van der Waals surface area contributed by atoms with Gasteiger partial charge >= 0.3 is 5.97 Å². The van der Waals surface area contributed by atoms with Crippen LogP contribution < -0.4 is 4.74 Å². The van der Waals surface area contributed by atoms with Gasteiger partial charge in [0.15, 0.2) is 0 Å². The van der Waals surface area contributed by atoms with Gasteiger partial charge in [0, 0.05) is 24.7 Å². The van der Waals surface area contributed by atoms with Crippen LogP contribution in [0.15, 0.2) is 47.2 Å². The van der Waals surface area contributed by atoms with Crippen LogP contribution in [0.5, 0.6) is 5.75 Å². The Morgan fingerprint density at radius 2 is 2.00 bits per heavy atom. The van der Waals surface area contributed by atoms with Crippen LogP contribution in [0.3, 0.4) is 0 Å². The first-order valence-electron chi connectivity index (χ1n) is 10.5. The lowest BCUT2D eigenvalue weighted by atomic mass is 9.79. The summed E-state index contributed by atoms with van der Waals surface area (Å²) in [6, 6.07) is 11.9. The highest BCUT2D eigenvalue weighted by atomic mass is 32.1. The number of benzene rings is 2. The Labute approximate surface area is 184 Å². The second-order valence-corrected chi connectivity index (χ2v) is 9.34. The van der Waals surface area contributed by atoms with Crippen molar-refractivity contribution < 1.29 is 19.0 Å². The van der Waals surface area contributed by atoms with Gasteiger partial charge < -0.3 is 9.84 Å². The normalized spacial score (nSPS) is 20.3. The zero-order valence-corrected chi connectivity index (χ0v) is 18.1. The number of ether oxygens (including phenoxy) is 1. The number of hydrogen-bond donors (Lipinski definition) is 1. The van der Waals surface area contributed by atoms with Crippen molar-refractivity contribution in [3.05, 3.63) is 75.2 Å². The lowest BCUT2D eigenvalue weighted by Crippen LogP contribution is -2.44. The number of carboxylic acids is 1. The van der Waals surface area contributed by atoms with Crippen LogP contribution in [0.25, 0.3) is 11.1 Å². The Hall–Kier alpha value is -2.70. The van der Waals surface area contributed by atoms with E-state index in [0.717, 1.165) is 48.4 Å². The fraction of sp³-hybridized carbons (Fsp3) is 0.320. The molecule has 1 aliphatic carbocycles. The van der Waals surface area contributed by atoms with Gasteiger partial charge in [-0.3, -0.25) is 9.69 Å². The summed E-state index contributed by atoms with van der Waals surface area (Å²) >= 11 is 1.60. The van der Waals surface area contributed by atoms with Crippen molar-refractivity contribution in [2.75, 3.05) is 0 Å². The smallest absolute Gasteiger partial charge is 0.306 e. The molecule has 0 amide bonds. The quantitative estimate of drug-likeness (QED) is 0.544. The van der Waals surface area contributed by atoms with Crippen LogP contribution in [-0.4, -0.2) is 22.0 Å². The first kappa shape index (κ1) is 20.2. The molecular formula is C25H24FNO3S. The highest BCUT2D eigenvalue weighted by molar-refractivity contribution is 7.08. The number of rotatable bonds is 6. The summed E-state index contributed by atoms with van der Waals surface area (Å²) in [5.41, 5.74) is 6.00. The van der Waals surface area contributed by atoms with E-state index >= 15 is 0 Å². The van der Waals surface area contributed by atoms with E-state index in [9.17, 15) is 9.18 Å². The van der Waals surface area contributed by atoms with E-state index < -0.39 is 5.97 Å². The summed E-state index contributed by atoms with van der Waals surface area (Å²) < 4.78 is 20.6. The number of thiophene rings is 1. The number of hydrogen-bond acceptors (Lipinski definition) is 4. The largest absolute Gasteiger partial charge is 0.489 e. The van der Waals surface area contributed by atoms with Crippen molar-refractivity contribution >= 4 is 17.3 Å². The van der Waals surface area contributed by atoms with Crippen LogP contribution in [-0.2, 0) is 24.5 Å². The molecule has 0 atom stereocenters. The van der Waals surface area contributed by atoms with Gasteiger partial charge in [-0.1, -0.05) is 6.07 Å². The number of fused-ring (bicyclic) bond motifs is 1. The molecule has 0 radical (unpaired) electrons. The van der Waals surface area contributed by atoms with E-state index in [1.54, 1.807) is 17.4 Å². The van der Waals surface area contributed by atoms with Crippen molar-refractivity contribution in [1.29, 1.82) is 0 Å². The fourth-order valence-corrected chi connectivity index (χ4v) is 5.23. The maximum absolute atomic E-state index is 14.7. The second-order valence-electron chi connectivity index (χ2n) is 8.56. The first-order chi connectivity index (χ1) is 15.0. The maximum atomic E-state index is 14.7. The van der Waals surface area contributed by atoms with E-state index in [-0.39, 0.29) is 18.3 Å². The molecule has 3 aromatic rings. The van der Waals surface area contributed by atoms with Gasteiger partial charge in [-0.05, 0) is 88.7 Å². The van der Waals surface area contributed by atoms with Crippen LogP contribution in [0, 0.1) is 18.7 Å². The predicted octanol–water partition coefficient (Wildman–Crippen LogP) is 5.62. The van der Waals surface area contributed by atoms with Crippen LogP contribution in [0.1, 0.15) is 35.1 Å². The third kappa shape index (κ3) is 3.98. The Morgan fingerprint density at radius 3 is 2.74 bits per heavy atom. The lowest BCUT2D eigenvalue weighted by Gasteiger charge is -2.39. The molecule has 5 rings (SSSR count). The van der Waals surface area contributed by atoms with Crippen LogP contribution in [0.4, 0.5) is 4.39 Å². The lowest BCUT2D eigenvalue weighted by molar-refractivity contribution is -0.147. The van der Waals surface area contributed by atoms with E-state index in [1.165, 1.54) is 11.1 Å². The molecule has 1 saturated carbocycles. The monoisotopic (exact) mass is 437 g/mol. The van der Waals surface area contributed by atoms with Gasteiger partial charge in [0.2, 0.25) is 0 Å². The molecule has 2 aromatic carbocycles. The van der Waals surface area contributed by atoms with E-state index in [4.69, 9.17) is 9.84 Å².